The molecule has 8 heteroatoms. The highest BCUT2D eigenvalue weighted by molar-refractivity contribution is 7.54. The van der Waals surface area contributed by atoms with E-state index in [4.69, 9.17) is 18.5 Å². The van der Waals surface area contributed by atoms with Gasteiger partial charge in [-0.1, -0.05) is 0 Å². The Balaban J connectivity index is 1.97. The van der Waals surface area contributed by atoms with E-state index in [1.54, 1.807) is 26.2 Å². The molecule has 0 N–H and O–H groups in total. The van der Waals surface area contributed by atoms with Gasteiger partial charge < -0.3 is 23.4 Å². The molecule has 0 saturated heterocycles. The molecule has 0 fully saturated rings. The molecule has 7 nitrogen and oxygen atoms in total. The predicted octanol–water partition coefficient (Wildman–Crippen LogP) is 4.17. The molecule has 25 heavy (non-hydrogen) atoms. The molecule has 0 radical (unpaired) electrons. The minimum absolute atomic E-state index is 0.0695. The molecule has 1 aromatic carbocycles. The Hall–Kier alpha value is -2.08. The highest BCUT2D eigenvalue weighted by atomic mass is 31.2. The van der Waals surface area contributed by atoms with Crippen molar-refractivity contribution in [3.8, 4) is 11.5 Å². The van der Waals surface area contributed by atoms with Crippen molar-refractivity contribution in [3.63, 3.8) is 0 Å². The Bertz CT molecular complexity index is 746. The summed E-state index contributed by atoms with van der Waals surface area (Å²) in [6.45, 7) is 4.39. The summed E-state index contributed by atoms with van der Waals surface area (Å²) in [7, 11) is -3.30. The van der Waals surface area contributed by atoms with Crippen molar-refractivity contribution >= 4 is 19.0 Å². The van der Waals surface area contributed by atoms with Crippen LogP contribution in [0, 0.1) is 0 Å². The van der Waals surface area contributed by atoms with Gasteiger partial charge in [0.05, 0.1) is 25.1 Å². The number of rotatable bonds is 8. The summed E-state index contributed by atoms with van der Waals surface area (Å²) in [5, 5.41) is 0. The van der Waals surface area contributed by atoms with E-state index in [9.17, 15) is 4.57 Å². The molecule has 1 aromatic heterocycles. The van der Waals surface area contributed by atoms with Crippen molar-refractivity contribution in [1.82, 2.24) is 4.98 Å². The van der Waals surface area contributed by atoms with Crippen molar-refractivity contribution in [2.24, 2.45) is 0 Å². The van der Waals surface area contributed by atoms with Gasteiger partial charge in [0, 0.05) is 18.0 Å². The number of fused-ring (bicyclic) bond motifs is 1. The van der Waals surface area contributed by atoms with Crippen LogP contribution in [0.5, 0.6) is 11.5 Å². The smallest absolute Gasteiger partial charge is 0.350 e. The molecular weight excluding hydrogens is 343 g/mol. The van der Waals surface area contributed by atoms with Gasteiger partial charge in [0.15, 0.2) is 11.5 Å². The van der Waals surface area contributed by atoms with E-state index in [0.717, 1.165) is 11.4 Å². The number of anilines is 2. The van der Waals surface area contributed by atoms with Gasteiger partial charge in [0.1, 0.15) is 6.29 Å². The predicted molar refractivity (Wildman–Crippen MR) is 94.7 cm³/mol. The topological polar surface area (TPSA) is 70.1 Å². The fourth-order valence-electron chi connectivity index (χ4n) is 2.56. The molecular formula is C17H21N2O5P. The summed E-state index contributed by atoms with van der Waals surface area (Å²) in [6, 6.07) is 9.26. The second-order valence-corrected chi connectivity index (χ2v) is 7.29. The summed E-state index contributed by atoms with van der Waals surface area (Å²) in [5.41, 5.74) is 1.57. The Morgan fingerprint density at radius 2 is 1.88 bits per heavy atom. The normalized spacial score (nSPS) is 13.0. The van der Waals surface area contributed by atoms with Gasteiger partial charge in [-0.2, -0.15) is 0 Å². The van der Waals surface area contributed by atoms with E-state index < -0.39 is 7.60 Å². The van der Waals surface area contributed by atoms with Crippen LogP contribution in [0.2, 0.25) is 0 Å². The third-order valence-electron chi connectivity index (χ3n) is 3.59. The van der Waals surface area contributed by atoms with E-state index in [1.165, 1.54) is 0 Å². The largest absolute Gasteiger partial charge is 0.454 e. The fourth-order valence-corrected chi connectivity index (χ4v) is 4.26. The van der Waals surface area contributed by atoms with Crippen molar-refractivity contribution in [2.75, 3.05) is 31.2 Å². The Morgan fingerprint density at radius 1 is 1.12 bits per heavy atom. The van der Waals surface area contributed by atoms with Crippen molar-refractivity contribution in [2.45, 2.75) is 13.8 Å². The number of benzene rings is 1. The number of hydrogen-bond donors (Lipinski definition) is 0. The van der Waals surface area contributed by atoms with Crippen LogP contribution in [0.25, 0.3) is 0 Å². The molecule has 3 rings (SSSR count). The lowest BCUT2D eigenvalue weighted by atomic mass is 10.2. The van der Waals surface area contributed by atoms with Crippen LogP contribution in [-0.2, 0) is 13.6 Å². The van der Waals surface area contributed by atoms with Gasteiger partial charge in [0.2, 0.25) is 6.79 Å². The molecule has 0 bridgehead atoms. The first-order valence-electron chi connectivity index (χ1n) is 8.10. The Morgan fingerprint density at radius 3 is 2.56 bits per heavy atom. The second kappa shape index (κ2) is 7.87. The molecule has 1 aliphatic rings. The number of hydrogen-bond acceptors (Lipinski definition) is 7. The van der Waals surface area contributed by atoms with Crippen molar-refractivity contribution in [1.29, 1.82) is 0 Å². The lowest BCUT2D eigenvalue weighted by molar-refractivity contribution is 0.174. The highest BCUT2D eigenvalue weighted by Gasteiger charge is 2.29. The van der Waals surface area contributed by atoms with Gasteiger partial charge in [-0.05, 0) is 38.1 Å². The van der Waals surface area contributed by atoms with Gasteiger partial charge in [0.25, 0.3) is 0 Å². The molecule has 0 atom stereocenters. The zero-order chi connectivity index (χ0) is 17.7. The highest BCUT2D eigenvalue weighted by Crippen LogP contribution is 2.51. The van der Waals surface area contributed by atoms with Crippen LogP contribution < -0.4 is 14.4 Å². The van der Waals surface area contributed by atoms with Crippen LogP contribution in [0.1, 0.15) is 13.8 Å². The molecule has 2 aromatic rings. The minimum atomic E-state index is -3.30. The van der Waals surface area contributed by atoms with Crippen LogP contribution in [0.3, 0.4) is 0 Å². The molecule has 0 amide bonds. The first kappa shape index (κ1) is 17.7. The molecule has 0 spiro atoms. The average molecular weight is 364 g/mol. The number of nitrogens with zero attached hydrogens (tertiary/aromatic N) is 2. The maximum Gasteiger partial charge on any atom is 0.350 e. The summed E-state index contributed by atoms with van der Waals surface area (Å²) >= 11 is 0. The van der Waals surface area contributed by atoms with E-state index in [-0.39, 0.29) is 13.1 Å². The van der Waals surface area contributed by atoms with Gasteiger partial charge in [-0.15, -0.1) is 0 Å². The zero-order valence-electron chi connectivity index (χ0n) is 14.3. The van der Waals surface area contributed by atoms with E-state index in [2.05, 4.69) is 4.98 Å². The number of pyridine rings is 1. The van der Waals surface area contributed by atoms with Crippen LogP contribution in [-0.4, -0.2) is 31.3 Å². The first-order valence-corrected chi connectivity index (χ1v) is 9.83. The van der Waals surface area contributed by atoms with Crippen molar-refractivity contribution < 1.29 is 23.1 Å². The summed E-state index contributed by atoms with van der Waals surface area (Å²) in [5.74, 6) is 1.33. The fraction of sp³-hybridized carbons (Fsp3) is 0.353. The van der Waals surface area contributed by atoms with E-state index >= 15 is 0 Å². The van der Waals surface area contributed by atoms with Gasteiger partial charge >= 0.3 is 7.60 Å². The number of ether oxygens (including phenoxy) is 2. The molecule has 2 heterocycles. The molecule has 0 aliphatic carbocycles. The van der Waals surface area contributed by atoms with E-state index in [1.807, 2.05) is 35.2 Å². The average Bonchev–Trinajstić information content (AvgIpc) is 3.08. The zero-order valence-corrected chi connectivity index (χ0v) is 15.1. The first-order chi connectivity index (χ1) is 12.1. The van der Waals surface area contributed by atoms with Gasteiger partial charge in [-0.25, -0.2) is 0 Å². The lowest BCUT2D eigenvalue weighted by Gasteiger charge is -2.28. The molecule has 0 saturated carbocycles. The molecule has 0 unspecified atom stereocenters. The summed E-state index contributed by atoms with van der Waals surface area (Å²) in [6.07, 6.45) is 3.46. The minimum Gasteiger partial charge on any atom is -0.454 e. The Kier molecular flexibility index (Phi) is 5.58. The third kappa shape index (κ3) is 4.12. The maximum absolute atomic E-state index is 13.0. The second-order valence-electron chi connectivity index (χ2n) is 5.26. The third-order valence-corrected chi connectivity index (χ3v) is 5.52. The quantitative estimate of drug-likeness (QED) is 0.651. The van der Waals surface area contributed by atoms with Crippen LogP contribution in [0.4, 0.5) is 11.4 Å². The van der Waals surface area contributed by atoms with Crippen molar-refractivity contribution in [3.05, 3.63) is 42.7 Å². The standard InChI is InChI=1S/C17H21N2O5P/c1-3-23-25(20,24-4-2)12-19(15-6-5-9-18-11-15)14-7-8-16-17(10-14)22-13-21-16/h5-11H,3-4,12-13H2,1-2H3. The summed E-state index contributed by atoms with van der Waals surface area (Å²) < 4.78 is 34.8. The van der Waals surface area contributed by atoms with Crippen LogP contribution >= 0.6 is 7.60 Å². The maximum atomic E-state index is 13.0. The molecule has 134 valence electrons. The number of aromatic nitrogens is 1. The van der Waals surface area contributed by atoms with E-state index in [0.29, 0.717) is 24.7 Å². The Labute approximate surface area is 147 Å². The monoisotopic (exact) mass is 364 g/mol. The lowest BCUT2D eigenvalue weighted by Crippen LogP contribution is -2.20. The molecule has 1 aliphatic heterocycles. The SMILES string of the molecule is CCOP(=O)(CN(c1cccnc1)c1ccc2c(c1)OCO2)OCC. The van der Waals surface area contributed by atoms with Crippen LogP contribution in [0.15, 0.2) is 42.7 Å². The summed E-state index contributed by atoms with van der Waals surface area (Å²) in [4.78, 5) is 6.00. The van der Waals surface area contributed by atoms with Gasteiger partial charge in [-0.3, -0.25) is 9.55 Å².